The molecule has 0 aliphatic rings. The van der Waals surface area contributed by atoms with Crippen LogP contribution < -0.4 is 11.1 Å². The Labute approximate surface area is 142 Å². The summed E-state index contributed by atoms with van der Waals surface area (Å²) in [6, 6.07) is 13.2. The summed E-state index contributed by atoms with van der Waals surface area (Å²) in [4.78, 5) is 18.6. The Morgan fingerprint density at radius 3 is 2.78 bits per heavy atom. The minimum Gasteiger partial charge on any atom is -0.397 e. The van der Waals surface area contributed by atoms with Crippen molar-refractivity contribution in [3.05, 3.63) is 59.7 Å². The number of rotatable bonds is 4. The van der Waals surface area contributed by atoms with Crippen molar-refractivity contribution in [2.45, 2.75) is 4.90 Å². The average Bonchev–Trinajstić information content (AvgIpc) is 3.11. The zero-order valence-electron chi connectivity index (χ0n) is 12.4. The summed E-state index contributed by atoms with van der Waals surface area (Å²) in [5.74, 6) is -0.271. The molecular weight excluding hydrogens is 326 g/mol. The van der Waals surface area contributed by atoms with Crippen molar-refractivity contribution >= 4 is 40.4 Å². The quantitative estimate of drug-likeness (QED) is 0.546. The fourth-order valence-corrected chi connectivity index (χ4v) is 3.17. The molecule has 0 aliphatic carbocycles. The van der Waals surface area contributed by atoms with Crippen LogP contribution in [0, 0.1) is 0 Å². The summed E-state index contributed by atoms with van der Waals surface area (Å²) in [5, 5.41) is 4.85. The molecule has 0 fully saturated rings. The van der Waals surface area contributed by atoms with Crippen LogP contribution in [0.15, 0.2) is 58.9 Å². The predicted molar refractivity (Wildman–Crippen MR) is 98.1 cm³/mol. The molecule has 4 nitrogen and oxygen atoms in total. The number of carbonyl (C=O) groups is 1. The lowest BCUT2D eigenvalue weighted by Gasteiger charge is -2.10. The number of amides is 1. The minimum absolute atomic E-state index is 0.271. The summed E-state index contributed by atoms with van der Waals surface area (Å²) in [5.41, 5.74) is 8.49. The smallest absolute Gasteiger partial charge is 0.274 e. The van der Waals surface area contributed by atoms with Gasteiger partial charge in [-0.2, -0.15) is 0 Å². The van der Waals surface area contributed by atoms with Gasteiger partial charge < -0.3 is 11.1 Å². The highest BCUT2D eigenvalue weighted by Gasteiger charge is 2.11. The molecule has 0 atom stereocenters. The maximum absolute atomic E-state index is 12.3. The standard InChI is InChI=1S/C17H15N3OS2/c1-22-12-5-7-14(19-10-12)17(21)20-15-9-11(4-6-13(15)18)16-3-2-8-23-16/h2-10H,18H2,1H3,(H,20,21). The Hall–Kier alpha value is -2.31. The number of thioether (sulfide) groups is 1. The van der Waals surface area contributed by atoms with Gasteiger partial charge in [-0.3, -0.25) is 4.79 Å². The molecule has 0 bridgehead atoms. The van der Waals surface area contributed by atoms with Crippen LogP contribution in [-0.4, -0.2) is 17.1 Å². The van der Waals surface area contributed by atoms with Crippen molar-refractivity contribution in [1.82, 2.24) is 4.98 Å². The van der Waals surface area contributed by atoms with Crippen LogP contribution in [0.4, 0.5) is 11.4 Å². The Morgan fingerprint density at radius 1 is 1.26 bits per heavy atom. The van der Waals surface area contributed by atoms with E-state index in [1.807, 2.05) is 42.0 Å². The second kappa shape index (κ2) is 6.85. The fourth-order valence-electron chi connectivity index (χ4n) is 2.08. The van der Waals surface area contributed by atoms with Crippen molar-refractivity contribution in [2.75, 3.05) is 17.3 Å². The van der Waals surface area contributed by atoms with Gasteiger partial charge in [0.15, 0.2) is 0 Å². The van der Waals surface area contributed by atoms with Gasteiger partial charge in [-0.15, -0.1) is 23.1 Å². The number of carbonyl (C=O) groups excluding carboxylic acids is 1. The number of nitrogens with zero attached hydrogens (tertiary/aromatic N) is 1. The lowest BCUT2D eigenvalue weighted by molar-refractivity contribution is 0.102. The third-order valence-electron chi connectivity index (χ3n) is 3.31. The molecule has 1 aromatic carbocycles. The molecule has 6 heteroatoms. The van der Waals surface area contributed by atoms with Gasteiger partial charge in [-0.25, -0.2) is 4.98 Å². The Balaban J connectivity index is 1.83. The highest BCUT2D eigenvalue weighted by Crippen LogP contribution is 2.30. The first-order valence-corrected chi connectivity index (χ1v) is 9.02. The van der Waals surface area contributed by atoms with Crippen LogP contribution in [-0.2, 0) is 0 Å². The number of anilines is 2. The van der Waals surface area contributed by atoms with Crippen LogP contribution in [0.5, 0.6) is 0 Å². The van der Waals surface area contributed by atoms with E-state index in [-0.39, 0.29) is 5.91 Å². The minimum atomic E-state index is -0.271. The number of nitrogens with one attached hydrogen (secondary N) is 1. The lowest BCUT2D eigenvalue weighted by atomic mass is 10.1. The highest BCUT2D eigenvalue weighted by atomic mass is 32.2. The number of thiophene rings is 1. The van der Waals surface area contributed by atoms with E-state index < -0.39 is 0 Å². The number of hydrogen-bond donors (Lipinski definition) is 2. The topological polar surface area (TPSA) is 68.0 Å². The van der Waals surface area contributed by atoms with Gasteiger partial charge in [0.25, 0.3) is 5.91 Å². The predicted octanol–water partition coefficient (Wildman–Crippen LogP) is 4.37. The van der Waals surface area contributed by atoms with Gasteiger partial charge >= 0.3 is 0 Å². The molecule has 0 saturated carbocycles. The van der Waals surface area contributed by atoms with Crippen molar-refractivity contribution in [1.29, 1.82) is 0 Å². The fraction of sp³-hybridized carbons (Fsp3) is 0.0588. The number of hydrogen-bond acceptors (Lipinski definition) is 5. The summed E-state index contributed by atoms with van der Waals surface area (Å²) in [6.45, 7) is 0. The molecular formula is C17H15N3OS2. The number of aromatic nitrogens is 1. The summed E-state index contributed by atoms with van der Waals surface area (Å²) in [6.07, 6.45) is 3.65. The van der Waals surface area contributed by atoms with E-state index in [9.17, 15) is 4.79 Å². The molecule has 0 saturated heterocycles. The number of nitrogens with two attached hydrogens (primary N) is 1. The zero-order chi connectivity index (χ0) is 16.2. The number of benzene rings is 1. The van der Waals surface area contributed by atoms with Gasteiger partial charge in [0.2, 0.25) is 0 Å². The van der Waals surface area contributed by atoms with E-state index >= 15 is 0 Å². The van der Waals surface area contributed by atoms with Gasteiger partial charge in [0.05, 0.1) is 11.4 Å². The summed E-state index contributed by atoms with van der Waals surface area (Å²) >= 11 is 3.22. The van der Waals surface area contributed by atoms with Crippen LogP contribution in [0.3, 0.4) is 0 Å². The maximum atomic E-state index is 12.3. The first-order chi connectivity index (χ1) is 11.2. The molecule has 0 aliphatic heterocycles. The maximum Gasteiger partial charge on any atom is 0.274 e. The van der Waals surface area contributed by atoms with Crippen LogP contribution in [0.25, 0.3) is 10.4 Å². The monoisotopic (exact) mass is 341 g/mol. The van der Waals surface area contributed by atoms with Crippen LogP contribution in [0.1, 0.15) is 10.5 Å². The molecule has 0 unspecified atom stereocenters. The van der Waals surface area contributed by atoms with Crippen LogP contribution >= 0.6 is 23.1 Å². The van der Waals surface area contributed by atoms with E-state index in [0.29, 0.717) is 17.1 Å². The molecule has 2 aromatic heterocycles. The molecule has 3 N–H and O–H groups in total. The van der Waals surface area contributed by atoms with E-state index in [2.05, 4.69) is 10.3 Å². The molecule has 1 amide bonds. The Kier molecular flexibility index (Phi) is 4.64. The van der Waals surface area contributed by atoms with Gasteiger partial charge in [-0.1, -0.05) is 12.1 Å². The molecule has 0 radical (unpaired) electrons. The second-order valence-corrected chi connectivity index (χ2v) is 6.64. The summed E-state index contributed by atoms with van der Waals surface area (Å²) < 4.78 is 0. The lowest BCUT2D eigenvalue weighted by Crippen LogP contribution is -2.14. The van der Waals surface area contributed by atoms with E-state index in [0.717, 1.165) is 15.3 Å². The number of pyridine rings is 1. The van der Waals surface area contributed by atoms with Crippen LogP contribution in [0.2, 0.25) is 0 Å². The first kappa shape index (κ1) is 15.6. The molecule has 3 aromatic rings. The third-order valence-corrected chi connectivity index (χ3v) is 4.94. The largest absolute Gasteiger partial charge is 0.397 e. The van der Waals surface area contributed by atoms with Crippen molar-refractivity contribution in [3.8, 4) is 10.4 Å². The molecule has 2 heterocycles. The van der Waals surface area contributed by atoms with E-state index in [1.54, 1.807) is 41.4 Å². The molecule has 116 valence electrons. The Morgan fingerprint density at radius 2 is 2.13 bits per heavy atom. The van der Waals surface area contributed by atoms with Crippen molar-refractivity contribution in [3.63, 3.8) is 0 Å². The zero-order valence-corrected chi connectivity index (χ0v) is 14.1. The van der Waals surface area contributed by atoms with Crippen molar-refractivity contribution in [2.24, 2.45) is 0 Å². The van der Waals surface area contributed by atoms with E-state index in [1.165, 1.54) is 0 Å². The highest BCUT2D eigenvalue weighted by molar-refractivity contribution is 7.98. The SMILES string of the molecule is CSc1ccc(C(=O)Nc2cc(-c3cccs3)ccc2N)nc1. The van der Waals surface area contributed by atoms with Gasteiger partial charge in [-0.05, 0) is 47.5 Å². The third kappa shape index (κ3) is 3.55. The average molecular weight is 341 g/mol. The first-order valence-electron chi connectivity index (χ1n) is 6.92. The molecule has 3 rings (SSSR count). The van der Waals surface area contributed by atoms with Gasteiger partial charge in [0, 0.05) is 16.0 Å². The Bertz CT molecular complexity index is 814. The summed E-state index contributed by atoms with van der Waals surface area (Å²) in [7, 11) is 0. The number of nitrogen functional groups attached to an aromatic ring is 1. The van der Waals surface area contributed by atoms with Gasteiger partial charge in [0.1, 0.15) is 5.69 Å². The van der Waals surface area contributed by atoms with Crippen molar-refractivity contribution < 1.29 is 4.79 Å². The molecule has 0 spiro atoms. The molecule has 23 heavy (non-hydrogen) atoms. The second-order valence-electron chi connectivity index (χ2n) is 4.82. The van der Waals surface area contributed by atoms with E-state index in [4.69, 9.17) is 5.73 Å². The normalized spacial score (nSPS) is 10.5.